The fourth-order valence-electron chi connectivity index (χ4n) is 5.98. The second kappa shape index (κ2) is 9.21. The lowest BCUT2D eigenvalue weighted by atomic mass is 9.61. The molecule has 10 heteroatoms. The second-order valence-corrected chi connectivity index (χ2v) is 10.6. The molecular weight excluding hydrogens is 476 g/mol. The van der Waals surface area contributed by atoms with Crippen LogP contribution in [0.4, 0.5) is 28.2 Å². The molecule has 36 heavy (non-hydrogen) atoms. The SMILES string of the molecule is C[C@@H]1CN(c2ncc(C(F)(F)F)cc2F)C[C@H](C)N1C(=O)OC1CC2(C1)CN(Cc1ccccc1)C2. The summed E-state index contributed by atoms with van der Waals surface area (Å²) in [6.07, 6.45) is -2.81. The summed E-state index contributed by atoms with van der Waals surface area (Å²) in [5, 5.41) is 0. The summed E-state index contributed by atoms with van der Waals surface area (Å²) in [7, 11) is 0. The van der Waals surface area contributed by atoms with Crippen molar-refractivity contribution in [2.24, 2.45) is 5.41 Å². The quantitative estimate of drug-likeness (QED) is 0.550. The molecule has 6 nitrogen and oxygen atoms in total. The van der Waals surface area contributed by atoms with Gasteiger partial charge < -0.3 is 9.64 Å². The minimum atomic E-state index is -4.66. The van der Waals surface area contributed by atoms with E-state index in [9.17, 15) is 22.4 Å². The lowest BCUT2D eigenvalue weighted by molar-refractivity contribution is -0.138. The maximum atomic E-state index is 14.4. The number of ether oxygens (including phenoxy) is 1. The number of alkyl halides is 3. The van der Waals surface area contributed by atoms with E-state index < -0.39 is 23.7 Å². The van der Waals surface area contributed by atoms with Gasteiger partial charge in [-0.25, -0.2) is 14.2 Å². The molecule has 1 aromatic heterocycles. The average molecular weight is 507 g/mol. The third-order valence-corrected chi connectivity index (χ3v) is 7.53. The first-order valence-corrected chi connectivity index (χ1v) is 12.3. The Morgan fingerprint density at radius 2 is 1.75 bits per heavy atom. The third-order valence-electron chi connectivity index (χ3n) is 7.53. The summed E-state index contributed by atoms with van der Waals surface area (Å²) in [6, 6.07) is 10.2. The molecule has 1 spiro atoms. The number of carbonyl (C=O) groups is 1. The first-order valence-electron chi connectivity index (χ1n) is 12.3. The fraction of sp³-hybridized carbons (Fsp3) is 0.538. The van der Waals surface area contributed by atoms with Gasteiger partial charge in [0.05, 0.1) is 17.6 Å². The van der Waals surface area contributed by atoms with Crippen molar-refractivity contribution < 1.29 is 27.1 Å². The van der Waals surface area contributed by atoms with E-state index in [2.05, 4.69) is 22.0 Å². The highest BCUT2D eigenvalue weighted by atomic mass is 19.4. The predicted octanol–water partition coefficient (Wildman–Crippen LogP) is 4.94. The van der Waals surface area contributed by atoms with Gasteiger partial charge in [-0.3, -0.25) is 9.80 Å². The monoisotopic (exact) mass is 506 g/mol. The molecule has 0 radical (unpaired) electrons. The molecule has 2 aliphatic heterocycles. The van der Waals surface area contributed by atoms with Gasteiger partial charge in [-0.15, -0.1) is 0 Å². The van der Waals surface area contributed by atoms with Gasteiger partial charge in [-0.2, -0.15) is 13.2 Å². The highest BCUT2D eigenvalue weighted by Crippen LogP contribution is 2.50. The van der Waals surface area contributed by atoms with Crippen LogP contribution < -0.4 is 4.90 Å². The third kappa shape index (κ3) is 4.87. The molecule has 3 fully saturated rings. The number of amides is 1. The number of benzene rings is 1. The highest BCUT2D eigenvalue weighted by Gasteiger charge is 2.54. The Morgan fingerprint density at radius 3 is 2.33 bits per heavy atom. The summed E-state index contributed by atoms with van der Waals surface area (Å²) in [6.45, 7) is 7.08. The van der Waals surface area contributed by atoms with Gasteiger partial charge in [0.25, 0.3) is 0 Å². The van der Waals surface area contributed by atoms with Crippen molar-refractivity contribution >= 4 is 11.9 Å². The molecular formula is C26H30F4N4O2. The largest absolute Gasteiger partial charge is 0.446 e. The van der Waals surface area contributed by atoms with Crippen molar-refractivity contribution in [3.05, 3.63) is 59.5 Å². The fourth-order valence-corrected chi connectivity index (χ4v) is 5.98. The Morgan fingerprint density at radius 1 is 1.11 bits per heavy atom. The number of anilines is 1. The normalized spacial score (nSPS) is 24.4. The molecule has 1 saturated carbocycles. The predicted molar refractivity (Wildman–Crippen MR) is 126 cm³/mol. The number of halogens is 4. The number of likely N-dealkylation sites (tertiary alicyclic amines) is 1. The zero-order chi connectivity index (χ0) is 25.7. The minimum Gasteiger partial charge on any atom is -0.446 e. The van der Waals surface area contributed by atoms with E-state index >= 15 is 0 Å². The molecule has 0 unspecified atom stereocenters. The summed E-state index contributed by atoms with van der Waals surface area (Å²) in [5.74, 6) is -1.16. The Bertz CT molecular complexity index is 1090. The van der Waals surface area contributed by atoms with Gasteiger partial charge in [0.2, 0.25) is 0 Å². The molecule has 3 aliphatic rings. The topological polar surface area (TPSA) is 48.9 Å². The zero-order valence-electron chi connectivity index (χ0n) is 20.3. The van der Waals surface area contributed by atoms with Gasteiger partial charge in [-0.05, 0) is 38.3 Å². The van der Waals surface area contributed by atoms with E-state index in [4.69, 9.17) is 4.74 Å². The summed E-state index contributed by atoms with van der Waals surface area (Å²) < 4.78 is 58.8. The van der Waals surface area contributed by atoms with Gasteiger partial charge in [-0.1, -0.05) is 30.3 Å². The molecule has 194 valence electrons. The van der Waals surface area contributed by atoms with Crippen LogP contribution in [0.2, 0.25) is 0 Å². The van der Waals surface area contributed by atoms with E-state index in [1.54, 1.807) is 9.80 Å². The molecule has 1 aromatic carbocycles. The number of carbonyl (C=O) groups excluding carboxylic acids is 1. The van der Waals surface area contributed by atoms with Crippen LogP contribution in [0, 0.1) is 11.2 Å². The van der Waals surface area contributed by atoms with Crippen LogP contribution in [0.25, 0.3) is 0 Å². The van der Waals surface area contributed by atoms with Crippen molar-refractivity contribution in [3.63, 3.8) is 0 Å². The molecule has 3 heterocycles. The second-order valence-electron chi connectivity index (χ2n) is 10.6. The smallest absolute Gasteiger partial charge is 0.417 e. The highest BCUT2D eigenvalue weighted by molar-refractivity contribution is 5.69. The maximum Gasteiger partial charge on any atom is 0.417 e. The number of hydrogen-bond donors (Lipinski definition) is 0. The molecule has 1 amide bonds. The number of pyridine rings is 1. The van der Waals surface area contributed by atoms with Gasteiger partial charge in [0, 0.05) is 44.3 Å². The Labute approximate surface area is 207 Å². The Hall–Kier alpha value is -2.88. The van der Waals surface area contributed by atoms with Crippen molar-refractivity contribution in [1.29, 1.82) is 0 Å². The molecule has 0 bridgehead atoms. The van der Waals surface area contributed by atoms with E-state index in [1.165, 1.54) is 5.56 Å². The van der Waals surface area contributed by atoms with E-state index in [0.717, 1.165) is 32.5 Å². The molecule has 2 aromatic rings. The first-order chi connectivity index (χ1) is 17.0. The van der Waals surface area contributed by atoms with Crippen LogP contribution in [-0.2, 0) is 17.5 Å². The molecule has 1 aliphatic carbocycles. The minimum absolute atomic E-state index is 0.108. The van der Waals surface area contributed by atoms with Crippen molar-refractivity contribution in [3.8, 4) is 0 Å². The first kappa shape index (κ1) is 24.8. The molecule has 5 rings (SSSR count). The zero-order valence-corrected chi connectivity index (χ0v) is 20.3. The van der Waals surface area contributed by atoms with Crippen molar-refractivity contribution in [1.82, 2.24) is 14.8 Å². The van der Waals surface area contributed by atoms with E-state index in [-0.39, 0.29) is 42.5 Å². The summed E-state index contributed by atoms with van der Waals surface area (Å²) in [4.78, 5) is 22.3. The summed E-state index contributed by atoms with van der Waals surface area (Å²) in [5.41, 5.74) is 0.407. The molecule has 0 N–H and O–H groups in total. The number of rotatable bonds is 4. The van der Waals surface area contributed by atoms with Gasteiger partial charge >= 0.3 is 12.3 Å². The molecule has 2 atom stereocenters. The number of hydrogen-bond acceptors (Lipinski definition) is 5. The van der Waals surface area contributed by atoms with Gasteiger partial charge in [0.15, 0.2) is 11.6 Å². The summed E-state index contributed by atoms with van der Waals surface area (Å²) >= 11 is 0. The number of nitrogens with zero attached hydrogens (tertiary/aromatic N) is 4. The van der Waals surface area contributed by atoms with E-state index in [1.807, 2.05) is 32.0 Å². The number of piperazine rings is 1. The average Bonchev–Trinajstić information content (AvgIpc) is 2.75. The van der Waals surface area contributed by atoms with Crippen LogP contribution in [0.3, 0.4) is 0 Å². The standard InChI is InChI=1S/C26H30F4N4O2/c1-17-12-33(23-22(27)8-20(11-31-23)26(28,29)30)13-18(2)34(17)24(35)36-21-9-25(10-21)15-32(16-25)14-19-6-4-3-5-7-19/h3-8,11,17-18,21H,9-10,12-16H2,1-2H3/t17-,18+. The lowest BCUT2D eigenvalue weighted by Crippen LogP contribution is -2.65. The maximum absolute atomic E-state index is 14.4. The molecule has 2 saturated heterocycles. The van der Waals surface area contributed by atoms with Crippen LogP contribution in [0.5, 0.6) is 0 Å². The number of aromatic nitrogens is 1. The van der Waals surface area contributed by atoms with Crippen LogP contribution >= 0.6 is 0 Å². The Kier molecular flexibility index (Phi) is 6.34. The lowest BCUT2D eigenvalue weighted by Gasteiger charge is -2.58. The van der Waals surface area contributed by atoms with Crippen molar-refractivity contribution in [2.45, 2.75) is 57.6 Å². The van der Waals surface area contributed by atoms with Crippen molar-refractivity contribution in [2.75, 3.05) is 31.1 Å². The Balaban J connectivity index is 1.11. The van der Waals surface area contributed by atoms with Crippen LogP contribution in [0.1, 0.15) is 37.8 Å². The van der Waals surface area contributed by atoms with E-state index in [0.29, 0.717) is 12.3 Å². The van der Waals surface area contributed by atoms with Crippen LogP contribution in [0.15, 0.2) is 42.6 Å². The van der Waals surface area contributed by atoms with Gasteiger partial charge in [0.1, 0.15) is 6.10 Å². The van der Waals surface area contributed by atoms with Crippen LogP contribution in [-0.4, -0.2) is 65.2 Å².